The minimum Gasteiger partial charge on any atom is -0.756 e. The van der Waals surface area contributed by atoms with E-state index in [0.29, 0.717) is 23.9 Å². The number of rotatable bonds is 46. The number of hydrogen-bond acceptors (Lipinski definition) is 8. The van der Waals surface area contributed by atoms with E-state index in [1.165, 1.54) is 154 Å². The minimum absolute atomic E-state index is 0.0321. The summed E-state index contributed by atoms with van der Waals surface area (Å²) in [5.74, 6) is -0.852. The Bertz CT molecular complexity index is 1070. The molecule has 10 heteroatoms. The molecule has 0 saturated heterocycles. The number of carbonyl (C=O) groups is 2. The molecule has 0 aromatic heterocycles. The van der Waals surface area contributed by atoms with Crippen molar-refractivity contribution in [1.82, 2.24) is 0 Å². The first kappa shape index (κ1) is 58.5. The van der Waals surface area contributed by atoms with Crippen LogP contribution in [-0.2, 0) is 32.7 Å². The van der Waals surface area contributed by atoms with E-state index in [4.69, 9.17) is 18.5 Å². The van der Waals surface area contributed by atoms with Crippen LogP contribution in [0.25, 0.3) is 0 Å². The number of unbranched alkanes of at least 4 members (excludes halogenated alkanes) is 28. The molecule has 0 aromatic carbocycles. The number of phosphoric acid groups is 1. The van der Waals surface area contributed by atoms with E-state index in [1.807, 2.05) is 21.1 Å². The quantitative estimate of drug-likeness (QED) is 0.0195. The van der Waals surface area contributed by atoms with Crippen molar-refractivity contribution >= 4 is 19.8 Å². The summed E-state index contributed by atoms with van der Waals surface area (Å²) in [4.78, 5) is 37.6. The molecule has 0 radical (unpaired) electrons. The Hall–Kier alpha value is -1.51. The second-order valence-electron chi connectivity index (χ2n) is 18.2. The van der Waals surface area contributed by atoms with Gasteiger partial charge in [0.25, 0.3) is 7.82 Å². The molecule has 354 valence electrons. The predicted octanol–water partition coefficient (Wildman–Crippen LogP) is 14.1. The average Bonchev–Trinajstić information content (AvgIpc) is 3.20. The number of esters is 2. The maximum absolute atomic E-state index is 12.7. The predicted molar refractivity (Wildman–Crippen MR) is 250 cm³/mol. The molecule has 0 aliphatic carbocycles. The monoisotopic (exact) mass is 870 g/mol. The average molecular weight is 870 g/mol. The fourth-order valence-corrected chi connectivity index (χ4v) is 7.73. The highest BCUT2D eigenvalue weighted by molar-refractivity contribution is 7.45. The summed E-state index contributed by atoms with van der Waals surface area (Å²) in [6.07, 6.45) is 47.8. The zero-order chi connectivity index (χ0) is 44.3. The number of likely N-dealkylation sites (N-methyl/N-ethyl adjacent to an activating group) is 1. The molecule has 0 fully saturated rings. The summed E-state index contributed by atoms with van der Waals surface area (Å²) in [6.45, 7) is 4.23. The second kappa shape index (κ2) is 42.8. The number of nitrogens with zero attached hydrogens (tertiary/aromatic N) is 1. The van der Waals surface area contributed by atoms with Crippen LogP contribution in [0, 0.1) is 0 Å². The fourth-order valence-electron chi connectivity index (χ4n) is 7.00. The van der Waals surface area contributed by atoms with Gasteiger partial charge in [-0.1, -0.05) is 179 Å². The molecule has 0 N–H and O–H groups in total. The van der Waals surface area contributed by atoms with Crippen molar-refractivity contribution < 1.29 is 42.1 Å². The third-order valence-electron chi connectivity index (χ3n) is 10.9. The van der Waals surface area contributed by atoms with Gasteiger partial charge in [-0.15, -0.1) is 0 Å². The molecule has 1 unspecified atom stereocenters. The largest absolute Gasteiger partial charge is 0.756 e. The Morgan fingerprint density at radius 2 is 0.850 bits per heavy atom. The van der Waals surface area contributed by atoms with Crippen molar-refractivity contribution in [2.24, 2.45) is 0 Å². The van der Waals surface area contributed by atoms with Gasteiger partial charge in [-0.05, 0) is 64.2 Å². The van der Waals surface area contributed by atoms with Crippen LogP contribution in [0.1, 0.15) is 232 Å². The normalized spacial score (nSPS) is 13.6. The van der Waals surface area contributed by atoms with Gasteiger partial charge in [0.1, 0.15) is 19.8 Å². The summed E-state index contributed by atoms with van der Waals surface area (Å²) in [6, 6.07) is 0. The lowest BCUT2D eigenvalue weighted by molar-refractivity contribution is -0.870. The van der Waals surface area contributed by atoms with Crippen LogP contribution in [0.15, 0.2) is 24.3 Å². The number of allylic oxidation sites excluding steroid dienone is 4. The number of quaternary nitrogens is 1. The lowest BCUT2D eigenvalue weighted by Gasteiger charge is -2.28. The van der Waals surface area contributed by atoms with Crippen molar-refractivity contribution in [2.45, 2.75) is 238 Å². The second-order valence-corrected chi connectivity index (χ2v) is 19.6. The number of carbonyl (C=O) groups excluding carboxylic acids is 2. The molecule has 0 spiro atoms. The van der Waals surface area contributed by atoms with Crippen molar-refractivity contribution in [3.8, 4) is 0 Å². The van der Waals surface area contributed by atoms with Crippen LogP contribution >= 0.6 is 7.82 Å². The number of phosphoric ester groups is 1. The molecule has 0 heterocycles. The van der Waals surface area contributed by atoms with Gasteiger partial charge in [-0.3, -0.25) is 14.2 Å². The highest BCUT2D eigenvalue weighted by Gasteiger charge is 2.21. The van der Waals surface area contributed by atoms with Crippen molar-refractivity contribution in [1.29, 1.82) is 0 Å². The summed E-state index contributed by atoms with van der Waals surface area (Å²) in [7, 11) is 1.16. The van der Waals surface area contributed by atoms with Crippen LogP contribution in [0.3, 0.4) is 0 Å². The zero-order valence-electron chi connectivity index (χ0n) is 39.9. The smallest absolute Gasteiger partial charge is 0.306 e. The molecular formula is C50H96NO8P. The van der Waals surface area contributed by atoms with E-state index in [-0.39, 0.29) is 26.1 Å². The van der Waals surface area contributed by atoms with Gasteiger partial charge < -0.3 is 27.9 Å². The minimum atomic E-state index is -4.63. The van der Waals surface area contributed by atoms with Crippen molar-refractivity contribution in [2.75, 3.05) is 47.5 Å². The molecule has 0 saturated carbocycles. The van der Waals surface area contributed by atoms with Crippen LogP contribution in [0.5, 0.6) is 0 Å². The Labute approximate surface area is 370 Å². The van der Waals surface area contributed by atoms with E-state index in [1.54, 1.807) is 0 Å². The van der Waals surface area contributed by atoms with E-state index in [9.17, 15) is 19.0 Å². The highest BCUT2D eigenvalue weighted by Crippen LogP contribution is 2.38. The van der Waals surface area contributed by atoms with Gasteiger partial charge in [0, 0.05) is 12.8 Å². The number of ether oxygens (including phenoxy) is 2. The van der Waals surface area contributed by atoms with Crippen LogP contribution in [-0.4, -0.2) is 70.0 Å². The van der Waals surface area contributed by atoms with E-state index in [2.05, 4.69) is 38.2 Å². The molecular weight excluding hydrogens is 774 g/mol. The topological polar surface area (TPSA) is 111 Å². The van der Waals surface area contributed by atoms with Gasteiger partial charge in [-0.25, -0.2) is 0 Å². The Balaban J connectivity index is 4.26. The summed E-state index contributed by atoms with van der Waals surface area (Å²) < 4.78 is 34.0. The van der Waals surface area contributed by atoms with Crippen molar-refractivity contribution in [3.63, 3.8) is 0 Å². The maximum Gasteiger partial charge on any atom is 0.306 e. The van der Waals surface area contributed by atoms with Gasteiger partial charge in [-0.2, -0.15) is 0 Å². The Morgan fingerprint density at radius 3 is 1.27 bits per heavy atom. The van der Waals surface area contributed by atoms with E-state index >= 15 is 0 Å². The lowest BCUT2D eigenvalue weighted by atomic mass is 10.0. The molecule has 0 aliphatic rings. The van der Waals surface area contributed by atoms with Crippen molar-refractivity contribution in [3.05, 3.63) is 24.3 Å². The highest BCUT2D eigenvalue weighted by atomic mass is 31.2. The van der Waals surface area contributed by atoms with Crippen LogP contribution in [0.4, 0.5) is 0 Å². The van der Waals surface area contributed by atoms with Gasteiger partial charge in [0.15, 0.2) is 6.10 Å². The standard InChI is InChI=1S/C50H96NO8P/c1-6-8-10-12-14-16-18-20-22-23-24-25-26-27-29-31-33-35-37-39-41-43-50(53)59-48(47-58-60(54,55)57-45-44-51(3,4)5)46-56-49(52)42-40-38-36-34-32-30-28-21-19-17-15-13-11-9-7-2/h20,22,32,34,48H,6-19,21,23-31,33,35-47H2,1-5H3/b22-20+,34-32+/t48-/m1/s1. The van der Waals surface area contributed by atoms with Gasteiger partial charge in [0.05, 0.1) is 27.7 Å². The molecule has 0 aliphatic heterocycles. The first-order valence-corrected chi connectivity index (χ1v) is 26.5. The summed E-state index contributed by atoms with van der Waals surface area (Å²) in [5, 5.41) is 0. The van der Waals surface area contributed by atoms with Gasteiger partial charge in [0.2, 0.25) is 0 Å². The lowest BCUT2D eigenvalue weighted by Crippen LogP contribution is -2.37. The van der Waals surface area contributed by atoms with E-state index in [0.717, 1.165) is 38.5 Å². The first-order valence-electron chi connectivity index (χ1n) is 25.0. The molecule has 9 nitrogen and oxygen atoms in total. The number of hydrogen-bond donors (Lipinski definition) is 0. The molecule has 2 atom stereocenters. The van der Waals surface area contributed by atoms with Crippen LogP contribution < -0.4 is 4.89 Å². The summed E-state index contributed by atoms with van der Waals surface area (Å²) in [5.41, 5.74) is 0. The third kappa shape index (κ3) is 46.0. The zero-order valence-corrected chi connectivity index (χ0v) is 40.8. The third-order valence-corrected chi connectivity index (χ3v) is 11.9. The van der Waals surface area contributed by atoms with Gasteiger partial charge >= 0.3 is 11.9 Å². The summed E-state index contributed by atoms with van der Waals surface area (Å²) >= 11 is 0. The first-order chi connectivity index (χ1) is 29.0. The maximum atomic E-state index is 12.7. The van der Waals surface area contributed by atoms with E-state index < -0.39 is 32.5 Å². The fraction of sp³-hybridized carbons (Fsp3) is 0.880. The molecule has 0 bridgehead atoms. The molecule has 0 rings (SSSR count). The molecule has 0 amide bonds. The SMILES string of the molecule is CCCCCCCC/C=C/CCCCCCCCCCCCCC(=O)O[C@H](COC(=O)CCCC/C=C/CCCCCCCCCCC)COP(=O)([O-])OCC[N+](C)(C)C. The van der Waals surface area contributed by atoms with Crippen LogP contribution in [0.2, 0.25) is 0 Å². The molecule has 60 heavy (non-hydrogen) atoms. The Morgan fingerprint density at radius 1 is 0.500 bits per heavy atom. The molecule has 0 aromatic rings. The Kier molecular flexibility index (Phi) is 41.7.